The lowest BCUT2D eigenvalue weighted by Gasteiger charge is -2.45. The number of carbonyl (C=O) groups is 1. The Morgan fingerprint density at radius 3 is 3.00 bits per heavy atom. The van der Waals surface area contributed by atoms with Crippen molar-refractivity contribution in [1.29, 1.82) is 0 Å². The average molecular weight is 216 g/mol. The van der Waals surface area contributed by atoms with E-state index in [1.807, 2.05) is 0 Å². The molecule has 2 rings (SSSR count). The zero-order chi connectivity index (χ0) is 11.8. The summed E-state index contributed by atoms with van der Waals surface area (Å²) in [6, 6.07) is 0. The monoisotopic (exact) mass is 216 g/mol. The smallest absolute Gasteiger partial charge is 0.155 e. The van der Waals surface area contributed by atoms with Gasteiger partial charge in [-0.2, -0.15) is 0 Å². The molecule has 0 aromatic rings. The SMILES string of the molecule is C=C[C@@]12C=CC(=O)C[C@@H]1C[C@@H](C(=C)C)CC2. The number of fused-ring (bicyclic) bond motifs is 1. The van der Waals surface area contributed by atoms with Crippen LogP contribution in [0.1, 0.15) is 32.6 Å². The molecule has 0 spiro atoms. The van der Waals surface area contributed by atoms with E-state index < -0.39 is 0 Å². The Bertz CT molecular complexity index is 364. The van der Waals surface area contributed by atoms with Crippen molar-refractivity contribution >= 4 is 5.78 Å². The molecule has 2 aliphatic carbocycles. The second-order valence-electron chi connectivity index (χ2n) is 5.33. The number of hydrogen-bond donors (Lipinski definition) is 0. The van der Waals surface area contributed by atoms with Gasteiger partial charge in [0.05, 0.1) is 0 Å². The van der Waals surface area contributed by atoms with Crippen LogP contribution in [0.25, 0.3) is 0 Å². The highest BCUT2D eigenvalue weighted by Gasteiger charge is 2.42. The van der Waals surface area contributed by atoms with E-state index in [4.69, 9.17) is 0 Å². The zero-order valence-corrected chi connectivity index (χ0v) is 10.0. The predicted octanol–water partition coefficient (Wildman–Crippen LogP) is 3.68. The highest BCUT2D eigenvalue weighted by Crippen LogP contribution is 2.50. The van der Waals surface area contributed by atoms with Crippen molar-refractivity contribution in [3.63, 3.8) is 0 Å². The van der Waals surface area contributed by atoms with Gasteiger partial charge in [0.25, 0.3) is 0 Å². The lowest BCUT2D eigenvalue weighted by atomic mass is 9.59. The van der Waals surface area contributed by atoms with Crippen molar-refractivity contribution < 1.29 is 4.79 Å². The van der Waals surface area contributed by atoms with Gasteiger partial charge in [-0.3, -0.25) is 4.79 Å². The Morgan fingerprint density at radius 1 is 1.62 bits per heavy atom. The molecule has 16 heavy (non-hydrogen) atoms. The summed E-state index contributed by atoms with van der Waals surface area (Å²) in [5, 5.41) is 0. The molecule has 86 valence electrons. The van der Waals surface area contributed by atoms with Gasteiger partial charge in [0.1, 0.15) is 0 Å². The van der Waals surface area contributed by atoms with E-state index in [-0.39, 0.29) is 11.2 Å². The number of rotatable bonds is 2. The molecule has 0 N–H and O–H groups in total. The minimum atomic E-state index is 0.0832. The third kappa shape index (κ3) is 1.79. The summed E-state index contributed by atoms with van der Waals surface area (Å²) in [5.41, 5.74) is 1.35. The molecule has 0 saturated heterocycles. The summed E-state index contributed by atoms with van der Waals surface area (Å²) >= 11 is 0. The van der Waals surface area contributed by atoms with Crippen LogP contribution in [-0.4, -0.2) is 5.78 Å². The molecular formula is C15H20O. The van der Waals surface area contributed by atoms with Gasteiger partial charge >= 0.3 is 0 Å². The highest BCUT2D eigenvalue weighted by atomic mass is 16.1. The molecule has 0 aromatic heterocycles. The van der Waals surface area contributed by atoms with Crippen molar-refractivity contribution in [3.05, 3.63) is 37.0 Å². The van der Waals surface area contributed by atoms with Gasteiger partial charge in [-0.15, -0.1) is 6.58 Å². The molecule has 1 heteroatoms. The standard InChI is InChI=1S/C15H20O/c1-4-15-7-5-12(11(2)3)9-13(15)10-14(16)6-8-15/h4,6,8,12-13H,1-2,5,7,9-10H2,3H3/t12-,13-,15+/m0/s1. The zero-order valence-electron chi connectivity index (χ0n) is 10.0. The minimum absolute atomic E-state index is 0.0832. The van der Waals surface area contributed by atoms with Crippen LogP contribution in [0.5, 0.6) is 0 Å². The fourth-order valence-corrected chi connectivity index (χ4v) is 3.15. The summed E-state index contributed by atoms with van der Waals surface area (Å²) in [6.45, 7) is 10.1. The van der Waals surface area contributed by atoms with Crippen molar-refractivity contribution in [3.8, 4) is 0 Å². The third-order valence-corrected chi connectivity index (χ3v) is 4.36. The molecule has 1 saturated carbocycles. The summed E-state index contributed by atoms with van der Waals surface area (Å²) in [5.74, 6) is 1.31. The average Bonchev–Trinajstić information content (AvgIpc) is 2.28. The van der Waals surface area contributed by atoms with Crippen LogP contribution in [0.2, 0.25) is 0 Å². The van der Waals surface area contributed by atoms with Crippen LogP contribution in [0.15, 0.2) is 37.0 Å². The van der Waals surface area contributed by atoms with Crippen LogP contribution < -0.4 is 0 Å². The van der Waals surface area contributed by atoms with Gasteiger partial charge in [0, 0.05) is 11.8 Å². The van der Waals surface area contributed by atoms with Crippen LogP contribution in [0, 0.1) is 17.3 Å². The van der Waals surface area contributed by atoms with Gasteiger partial charge in [0.2, 0.25) is 0 Å². The molecule has 0 aliphatic heterocycles. The van der Waals surface area contributed by atoms with E-state index in [1.54, 1.807) is 6.08 Å². The van der Waals surface area contributed by atoms with Gasteiger partial charge in [-0.05, 0) is 44.1 Å². The second kappa shape index (κ2) is 4.04. The van der Waals surface area contributed by atoms with E-state index in [0.717, 1.165) is 12.8 Å². The maximum atomic E-state index is 11.5. The van der Waals surface area contributed by atoms with Gasteiger partial charge in [0.15, 0.2) is 5.78 Å². The van der Waals surface area contributed by atoms with E-state index in [9.17, 15) is 4.79 Å². The van der Waals surface area contributed by atoms with Gasteiger partial charge < -0.3 is 0 Å². The molecule has 0 unspecified atom stereocenters. The second-order valence-corrected chi connectivity index (χ2v) is 5.33. The van der Waals surface area contributed by atoms with Crippen molar-refractivity contribution in [2.75, 3.05) is 0 Å². The van der Waals surface area contributed by atoms with Crippen LogP contribution in [0.4, 0.5) is 0 Å². The van der Waals surface area contributed by atoms with E-state index >= 15 is 0 Å². The maximum absolute atomic E-state index is 11.5. The first-order valence-corrected chi connectivity index (χ1v) is 6.08. The predicted molar refractivity (Wildman–Crippen MR) is 67.0 cm³/mol. The first-order valence-electron chi connectivity index (χ1n) is 6.08. The van der Waals surface area contributed by atoms with Crippen LogP contribution in [0.3, 0.4) is 0 Å². The summed E-state index contributed by atoms with van der Waals surface area (Å²) in [6.07, 6.45) is 9.96. The fourth-order valence-electron chi connectivity index (χ4n) is 3.15. The van der Waals surface area contributed by atoms with E-state index in [2.05, 4.69) is 32.2 Å². The molecule has 1 nitrogen and oxygen atoms in total. The van der Waals surface area contributed by atoms with Crippen molar-refractivity contribution in [2.45, 2.75) is 32.6 Å². The first-order chi connectivity index (χ1) is 7.57. The van der Waals surface area contributed by atoms with E-state index in [0.29, 0.717) is 18.3 Å². The Hall–Kier alpha value is -1.11. The normalized spacial score (nSPS) is 37.9. The number of ketones is 1. The third-order valence-electron chi connectivity index (χ3n) is 4.36. The molecule has 0 bridgehead atoms. The summed E-state index contributed by atoms with van der Waals surface area (Å²) in [4.78, 5) is 11.5. The molecule has 0 aromatic carbocycles. The molecular weight excluding hydrogens is 196 g/mol. The molecule has 0 amide bonds. The Balaban J connectivity index is 2.24. The number of allylic oxidation sites excluding steroid dienone is 4. The Labute approximate surface area is 97.9 Å². The first kappa shape index (κ1) is 11.4. The largest absolute Gasteiger partial charge is 0.295 e. The van der Waals surface area contributed by atoms with Crippen molar-refractivity contribution in [2.24, 2.45) is 17.3 Å². The topological polar surface area (TPSA) is 17.1 Å². The number of carbonyl (C=O) groups excluding carboxylic acids is 1. The fraction of sp³-hybridized carbons (Fsp3) is 0.533. The van der Waals surface area contributed by atoms with E-state index in [1.165, 1.54) is 12.0 Å². The summed E-state index contributed by atoms with van der Waals surface area (Å²) in [7, 11) is 0. The lowest BCUT2D eigenvalue weighted by molar-refractivity contribution is -0.117. The molecule has 0 radical (unpaired) electrons. The number of hydrogen-bond acceptors (Lipinski definition) is 1. The maximum Gasteiger partial charge on any atom is 0.155 e. The van der Waals surface area contributed by atoms with Gasteiger partial charge in [-0.1, -0.05) is 24.3 Å². The van der Waals surface area contributed by atoms with Gasteiger partial charge in [-0.25, -0.2) is 0 Å². The van der Waals surface area contributed by atoms with Crippen LogP contribution >= 0.6 is 0 Å². The van der Waals surface area contributed by atoms with Crippen LogP contribution in [-0.2, 0) is 4.79 Å². The van der Waals surface area contributed by atoms with Crippen molar-refractivity contribution in [1.82, 2.24) is 0 Å². The minimum Gasteiger partial charge on any atom is -0.295 e. The summed E-state index contributed by atoms with van der Waals surface area (Å²) < 4.78 is 0. The quantitative estimate of drug-likeness (QED) is 0.643. The lowest BCUT2D eigenvalue weighted by Crippen LogP contribution is -2.37. The molecule has 1 fully saturated rings. The molecule has 2 aliphatic rings. The molecule has 0 heterocycles. The molecule has 3 atom stereocenters. The highest BCUT2D eigenvalue weighted by molar-refractivity contribution is 5.91. The Morgan fingerprint density at radius 2 is 2.38 bits per heavy atom. The Kier molecular flexibility index (Phi) is 2.88.